The number of thiazole rings is 1. The number of hydrogen-bond donors (Lipinski definition) is 0. The van der Waals surface area contributed by atoms with E-state index >= 15 is 0 Å². The first-order valence-corrected chi connectivity index (χ1v) is 9.31. The summed E-state index contributed by atoms with van der Waals surface area (Å²) in [4.78, 5) is 19.0. The smallest absolute Gasteiger partial charge is 0.218 e. The van der Waals surface area contributed by atoms with Gasteiger partial charge in [0.2, 0.25) is 5.88 Å². The Balaban J connectivity index is 1.53. The van der Waals surface area contributed by atoms with Gasteiger partial charge in [-0.3, -0.25) is 0 Å². The minimum atomic E-state index is 0.626. The molecule has 1 fully saturated rings. The van der Waals surface area contributed by atoms with Crippen LogP contribution in [-0.2, 0) is 6.54 Å². The number of aromatic nitrogens is 3. The van der Waals surface area contributed by atoms with Crippen molar-refractivity contribution in [3.05, 3.63) is 28.5 Å². The molecule has 0 radical (unpaired) electrons. The zero-order chi connectivity index (χ0) is 16.9. The molecule has 6 nitrogen and oxygen atoms in total. The second kappa shape index (κ2) is 7.90. The van der Waals surface area contributed by atoms with E-state index < -0.39 is 0 Å². The first-order chi connectivity index (χ1) is 11.7. The maximum absolute atomic E-state index is 5.48. The monoisotopic (exact) mass is 347 g/mol. The van der Waals surface area contributed by atoms with Crippen molar-refractivity contribution in [2.75, 3.05) is 38.2 Å². The topological polar surface area (TPSA) is 54.4 Å². The molecule has 1 aliphatic rings. The van der Waals surface area contributed by atoms with Gasteiger partial charge in [-0.05, 0) is 33.2 Å². The molecular formula is C17H25N5OS. The number of hydrogen-bond acceptors (Lipinski definition) is 7. The average Bonchev–Trinajstić information content (AvgIpc) is 3.18. The highest BCUT2D eigenvalue weighted by Gasteiger charge is 2.25. The summed E-state index contributed by atoms with van der Waals surface area (Å²) in [7, 11) is 2.19. The maximum atomic E-state index is 5.48. The first kappa shape index (κ1) is 17.1. The first-order valence-electron chi connectivity index (χ1n) is 8.43. The third-order valence-electron chi connectivity index (χ3n) is 4.36. The second-order valence-electron chi connectivity index (χ2n) is 6.31. The van der Waals surface area contributed by atoms with Gasteiger partial charge in [0.1, 0.15) is 12.1 Å². The Kier molecular flexibility index (Phi) is 5.63. The van der Waals surface area contributed by atoms with Crippen molar-refractivity contribution in [3.8, 4) is 5.88 Å². The highest BCUT2D eigenvalue weighted by atomic mass is 32.1. The summed E-state index contributed by atoms with van der Waals surface area (Å²) in [5.41, 5.74) is 3.09. The Morgan fingerprint density at radius 1 is 1.38 bits per heavy atom. The Morgan fingerprint density at radius 2 is 2.25 bits per heavy atom. The van der Waals surface area contributed by atoms with E-state index in [1.165, 1.54) is 11.3 Å². The van der Waals surface area contributed by atoms with E-state index in [1.54, 1.807) is 17.7 Å². The summed E-state index contributed by atoms with van der Waals surface area (Å²) in [5, 5.41) is 0. The molecule has 0 amide bonds. The van der Waals surface area contributed by atoms with Crippen molar-refractivity contribution < 1.29 is 4.74 Å². The average molecular weight is 347 g/mol. The standard InChI is InChI=1S/C17H25N5OS/c1-4-23-17-7-16(18-11-19-17)22-6-5-14(9-22)8-21(3)10-15-13(2)20-12-24-15/h7,11-12,14H,4-6,8-10H2,1-3H3. The molecule has 3 rings (SSSR count). The summed E-state index contributed by atoms with van der Waals surface area (Å²) in [5.74, 6) is 2.29. The Morgan fingerprint density at radius 3 is 3.00 bits per heavy atom. The van der Waals surface area contributed by atoms with E-state index in [4.69, 9.17) is 4.74 Å². The largest absolute Gasteiger partial charge is 0.478 e. The van der Waals surface area contributed by atoms with Crippen LogP contribution in [-0.4, -0.2) is 53.1 Å². The number of ether oxygens (including phenoxy) is 1. The second-order valence-corrected chi connectivity index (χ2v) is 7.25. The predicted octanol–water partition coefficient (Wildman–Crippen LogP) is 2.60. The lowest BCUT2D eigenvalue weighted by Crippen LogP contribution is -2.28. The molecule has 0 aliphatic carbocycles. The molecule has 0 aromatic carbocycles. The van der Waals surface area contributed by atoms with Crippen LogP contribution in [0.2, 0.25) is 0 Å². The number of aryl methyl sites for hydroxylation is 1. The van der Waals surface area contributed by atoms with E-state index in [0.717, 1.165) is 37.7 Å². The van der Waals surface area contributed by atoms with Crippen LogP contribution in [0.15, 0.2) is 17.9 Å². The summed E-state index contributed by atoms with van der Waals surface area (Å²) in [6.07, 6.45) is 2.78. The van der Waals surface area contributed by atoms with Gasteiger partial charge < -0.3 is 14.5 Å². The lowest BCUT2D eigenvalue weighted by Gasteiger charge is -2.21. The normalized spacial score (nSPS) is 17.7. The van der Waals surface area contributed by atoms with Crippen LogP contribution < -0.4 is 9.64 Å². The van der Waals surface area contributed by atoms with Crippen LogP contribution in [0.4, 0.5) is 5.82 Å². The summed E-state index contributed by atoms with van der Waals surface area (Å²) < 4.78 is 5.48. The minimum absolute atomic E-state index is 0.626. The molecule has 0 spiro atoms. The van der Waals surface area contributed by atoms with E-state index in [-0.39, 0.29) is 0 Å². The molecular weight excluding hydrogens is 322 g/mol. The molecule has 2 aromatic heterocycles. The van der Waals surface area contributed by atoms with E-state index in [0.29, 0.717) is 18.4 Å². The summed E-state index contributed by atoms with van der Waals surface area (Å²) in [6.45, 7) is 8.83. The fourth-order valence-corrected chi connectivity index (χ4v) is 4.00. The molecule has 0 bridgehead atoms. The number of rotatable bonds is 7. The van der Waals surface area contributed by atoms with Crippen LogP contribution >= 0.6 is 11.3 Å². The molecule has 3 heterocycles. The van der Waals surface area contributed by atoms with Crippen LogP contribution in [0.1, 0.15) is 23.9 Å². The van der Waals surface area contributed by atoms with Crippen LogP contribution in [0.5, 0.6) is 5.88 Å². The van der Waals surface area contributed by atoms with E-state index in [9.17, 15) is 0 Å². The van der Waals surface area contributed by atoms with Gasteiger partial charge in [-0.25, -0.2) is 15.0 Å². The zero-order valence-corrected chi connectivity index (χ0v) is 15.4. The molecule has 1 saturated heterocycles. The van der Waals surface area contributed by atoms with Crippen molar-refractivity contribution in [2.45, 2.75) is 26.8 Å². The zero-order valence-electron chi connectivity index (χ0n) is 14.6. The summed E-state index contributed by atoms with van der Waals surface area (Å²) >= 11 is 1.75. The van der Waals surface area contributed by atoms with Crippen LogP contribution in [0.3, 0.4) is 0 Å². The molecule has 130 valence electrons. The molecule has 1 unspecified atom stereocenters. The fraction of sp³-hybridized carbons (Fsp3) is 0.588. The molecule has 0 saturated carbocycles. The predicted molar refractivity (Wildman–Crippen MR) is 96.7 cm³/mol. The van der Waals surface area contributed by atoms with Gasteiger partial charge >= 0.3 is 0 Å². The van der Waals surface area contributed by atoms with Crippen LogP contribution in [0.25, 0.3) is 0 Å². The van der Waals surface area contributed by atoms with Gasteiger partial charge in [0.05, 0.1) is 17.8 Å². The number of anilines is 1. The van der Waals surface area contributed by atoms with Gasteiger partial charge in [0.15, 0.2) is 0 Å². The van der Waals surface area contributed by atoms with Gasteiger partial charge in [0, 0.05) is 37.1 Å². The molecule has 24 heavy (non-hydrogen) atoms. The molecule has 2 aromatic rings. The molecule has 1 aliphatic heterocycles. The van der Waals surface area contributed by atoms with Crippen molar-refractivity contribution >= 4 is 17.2 Å². The molecule has 7 heteroatoms. The van der Waals surface area contributed by atoms with Gasteiger partial charge in [-0.15, -0.1) is 11.3 Å². The van der Waals surface area contributed by atoms with E-state index in [2.05, 4.69) is 38.7 Å². The lowest BCUT2D eigenvalue weighted by atomic mass is 10.1. The number of nitrogens with zero attached hydrogens (tertiary/aromatic N) is 5. The maximum Gasteiger partial charge on any atom is 0.218 e. The fourth-order valence-electron chi connectivity index (χ4n) is 3.15. The van der Waals surface area contributed by atoms with Gasteiger partial charge in [0.25, 0.3) is 0 Å². The Labute approximate surface area is 147 Å². The third kappa shape index (κ3) is 4.21. The van der Waals surface area contributed by atoms with Crippen molar-refractivity contribution in [1.82, 2.24) is 19.9 Å². The molecule has 0 N–H and O–H groups in total. The molecule has 1 atom stereocenters. The SMILES string of the molecule is CCOc1cc(N2CCC(CN(C)Cc3scnc3C)C2)ncn1. The quantitative estimate of drug-likeness (QED) is 0.767. The third-order valence-corrected chi connectivity index (χ3v) is 5.28. The summed E-state index contributed by atoms with van der Waals surface area (Å²) in [6, 6.07) is 1.94. The lowest BCUT2D eigenvalue weighted by molar-refractivity contribution is 0.281. The van der Waals surface area contributed by atoms with Crippen molar-refractivity contribution in [2.24, 2.45) is 5.92 Å². The minimum Gasteiger partial charge on any atom is -0.478 e. The highest BCUT2D eigenvalue weighted by molar-refractivity contribution is 7.09. The Bertz CT molecular complexity index is 662. The van der Waals surface area contributed by atoms with Gasteiger partial charge in [-0.2, -0.15) is 0 Å². The highest BCUT2D eigenvalue weighted by Crippen LogP contribution is 2.25. The van der Waals surface area contributed by atoms with Crippen molar-refractivity contribution in [1.29, 1.82) is 0 Å². The Hall–Kier alpha value is -1.73. The van der Waals surface area contributed by atoms with Crippen LogP contribution in [0, 0.1) is 12.8 Å². The van der Waals surface area contributed by atoms with Gasteiger partial charge in [-0.1, -0.05) is 0 Å². The van der Waals surface area contributed by atoms with Crippen molar-refractivity contribution in [3.63, 3.8) is 0 Å². The van der Waals surface area contributed by atoms with E-state index in [1.807, 2.05) is 18.5 Å².